The lowest BCUT2D eigenvalue weighted by molar-refractivity contribution is -0.0428. The number of fused-ring (bicyclic) bond motifs is 5. The summed E-state index contributed by atoms with van der Waals surface area (Å²) in [7, 11) is -2.32. The van der Waals surface area contributed by atoms with Crippen molar-refractivity contribution >= 4 is 16.0 Å². The van der Waals surface area contributed by atoms with Crippen molar-refractivity contribution in [3.8, 4) is 11.5 Å². The van der Waals surface area contributed by atoms with Gasteiger partial charge in [-0.05, 0) is 97.7 Å². The number of phenols is 1. The molecule has 3 aliphatic carbocycles. The van der Waals surface area contributed by atoms with Gasteiger partial charge in [0.1, 0.15) is 6.10 Å². The number of rotatable bonds is 4. The van der Waals surface area contributed by atoms with Gasteiger partial charge < -0.3 is 14.6 Å². The van der Waals surface area contributed by atoms with Gasteiger partial charge in [-0.15, -0.1) is 0 Å². The first kappa shape index (κ1) is 23.2. The first-order valence-electron chi connectivity index (χ1n) is 11.9. The highest BCUT2D eigenvalue weighted by molar-refractivity contribution is 7.89. The van der Waals surface area contributed by atoms with Crippen LogP contribution in [0.4, 0.5) is 0 Å². The first-order chi connectivity index (χ1) is 16.1. The van der Waals surface area contributed by atoms with Crippen LogP contribution in [-0.2, 0) is 21.2 Å². The van der Waals surface area contributed by atoms with Crippen LogP contribution in [0.25, 0.3) is 0 Å². The minimum Gasteiger partial charge on any atom is -0.504 e. The summed E-state index contributed by atoms with van der Waals surface area (Å²) in [6.45, 7) is 2.24. The second kappa shape index (κ2) is 8.27. The van der Waals surface area contributed by atoms with Crippen molar-refractivity contribution in [3.05, 3.63) is 53.1 Å². The van der Waals surface area contributed by atoms with Gasteiger partial charge in [-0.25, -0.2) is 18.4 Å². The Labute approximate surface area is 200 Å². The molecule has 3 N–H and O–H groups in total. The Balaban J connectivity index is 1.36. The first-order valence-corrected chi connectivity index (χ1v) is 13.4. The van der Waals surface area contributed by atoms with Gasteiger partial charge in [-0.1, -0.05) is 13.0 Å². The Kier molecular flexibility index (Phi) is 5.64. The van der Waals surface area contributed by atoms with Crippen molar-refractivity contribution in [1.29, 1.82) is 0 Å². The Morgan fingerprint density at radius 1 is 1.15 bits per heavy atom. The number of aromatic hydroxyl groups is 1. The highest BCUT2D eigenvalue weighted by Gasteiger charge is 2.56. The summed E-state index contributed by atoms with van der Waals surface area (Å²) < 4.78 is 34.7. The predicted molar refractivity (Wildman–Crippen MR) is 126 cm³/mol. The van der Waals surface area contributed by atoms with Gasteiger partial charge in [0.15, 0.2) is 11.5 Å². The predicted octanol–water partition coefficient (Wildman–Crippen LogP) is 4.13. The Bertz CT molecular complexity index is 1240. The number of carbonyl (C=O) groups is 1. The molecule has 2 fully saturated rings. The Morgan fingerprint density at radius 2 is 1.94 bits per heavy atom. The average molecular weight is 486 g/mol. The minimum absolute atomic E-state index is 0.0969. The molecule has 0 aromatic heterocycles. The second-order valence-electron chi connectivity index (χ2n) is 10.2. The van der Waals surface area contributed by atoms with Crippen LogP contribution < -0.4 is 9.88 Å². The standard InChI is InChI=1S/C26H31NO6S/c1-26-11-10-18-19(7-6-15-13-22(28)23(32-2)14-20(15)18)21(26)8-9-24(26)33-25(29)16-4-3-5-17(12-16)34(27,30)31/h3-5,12-14,18-19,21,24,28H,6-11H2,1-2H3,(H2,27,30,31)/t18-,19+,21-,24-,26-/m0/s1. The molecule has 0 spiro atoms. The van der Waals surface area contributed by atoms with Crippen molar-refractivity contribution in [2.75, 3.05) is 7.11 Å². The van der Waals surface area contributed by atoms with E-state index in [1.807, 2.05) is 12.1 Å². The molecular weight excluding hydrogens is 454 g/mol. The molecule has 0 bridgehead atoms. The van der Waals surface area contributed by atoms with Gasteiger partial charge >= 0.3 is 5.97 Å². The van der Waals surface area contributed by atoms with Crippen LogP contribution in [0.3, 0.4) is 0 Å². The monoisotopic (exact) mass is 485 g/mol. The van der Waals surface area contributed by atoms with Crippen LogP contribution in [0.1, 0.15) is 66.4 Å². The van der Waals surface area contributed by atoms with Crippen molar-refractivity contribution < 1.29 is 27.8 Å². The molecular formula is C26H31NO6S. The molecule has 0 saturated heterocycles. The van der Waals surface area contributed by atoms with Crippen LogP contribution in [0.15, 0.2) is 41.3 Å². The van der Waals surface area contributed by atoms with Crippen molar-refractivity contribution in [2.45, 2.75) is 62.4 Å². The highest BCUT2D eigenvalue weighted by Crippen LogP contribution is 2.62. The zero-order chi connectivity index (χ0) is 24.3. The summed E-state index contributed by atoms with van der Waals surface area (Å²) in [4.78, 5) is 12.9. The number of sulfonamides is 1. The molecule has 5 atom stereocenters. The van der Waals surface area contributed by atoms with E-state index >= 15 is 0 Å². The van der Waals surface area contributed by atoms with E-state index in [4.69, 9.17) is 14.6 Å². The van der Waals surface area contributed by atoms with E-state index in [-0.39, 0.29) is 27.7 Å². The number of carbonyl (C=O) groups excluding carboxylic acids is 1. The van der Waals surface area contributed by atoms with Gasteiger partial charge in [-0.3, -0.25) is 0 Å². The minimum atomic E-state index is -3.90. The number of hydrogen-bond donors (Lipinski definition) is 2. The smallest absolute Gasteiger partial charge is 0.338 e. The van der Waals surface area contributed by atoms with E-state index in [1.54, 1.807) is 13.2 Å². The van der Waals surface area contributed by atoms with E-state index in [2.05, 4.69) is 6.92 Å². The van der Waals surface area contributed by atoms with Gasteiger partial charge in [-0.2, -0.15) is 0 Å². The van der Waals surface area contributed by atoms with Crippen molar-refractivity contribution in [2.24, 2.45) is 22.4 Å². The fourth-order valence-electron chi connectivity index (χ4n) is 6.89. The molecule has 0 heterocycles. The molecule has 3 aliphatic rings. The van der Waals surface area contributed by atoms with E-state index in [0.29, 0.717) is 23.5 Å². The lowest BCUT2D eigenvalue weighted by Gasteiger charge is -2.50. The number of aryl methyl sites for hydroxylation is 1. The lowest BCUT2D eigenvalue weighted by atomic mass is 9.55. The van der Waals surface area contributed by atoms with Crippen LogP contribution in [0.2, 0.25) is 0 Å². The molecule has 0 radical (unpaired) electrons. The topological polar surface area (TPSA) is 116 Å². The van der Waals surface area contributed by atoms with Gasteiger partial charge in [0.2, 0.25) is 10.0 Å². The molecule has 0 aliphatic heterocycles. The van der Waals surface area contributed by atoms with Gasteiger partial charge in [0, 0.05) is 5.41 Å². The number of primary sulfonamides is 1. The summed E-state index contributed by atoms with van der Waals surface area (Å²) in [5.74, 6) is 1.56. The number of nitrogens with two attached hydrogens (primary N) is 1. The van der Waals surface area contributed by atoms with E-state index in [9.17, 15) is 18.3 Å². The summed E-state index contributed by atoms with van der Waals surface area (Å²) in [6.07, 6.45) is 5.50. The quantitative estimate of drug-likeness (QED) is 0.629. The highest BCUT2D eigenvalue weighted by atomic mass is 32.2. The molecule has 5 rings (SSSR count). The molecule has 182 valence electrons. The molecule has 8 heteroatoms. The van der Waals surface area contributed by atoms with Crippen LogP contribution in [0.5, 0.6) is 11.5 Å². The zero-order valence-corrected chi connectivity index (χ0v) is 20.3. The third kappa shape index (κ3) is 3.77. The maximum atomic E-state index is 12.9. The SMILES string of the molecule is COc1cc2c(cc1O)CC[C@@H]1[C@@H]2CC[C@]2(C)[C@@H](OC(=O)c3cccc(S(N)(=O)=O)c3)CC[C@@H]12. The lowest BCUT2D eigenvalue weighted by Crippen LogP contribution is -2.45. The van der Waals surface area contributed by atoms with Crippen LogP contribution in [-0.4, -0.2) is 32.7 Å². The molecule has 2 aromatic carbocycles. The van der Waals surface area contributed by atoms with E-state index < -0.39 is 16.0 Å². The Hall–Kier alpha value is -2.58. The molecule has 7 nitrogen and oxygen atoms in total. The molecule has 2 saturated carbocycles. The average Bonchev–Trinajstić information content (AvgIpc) is 3.14. The zero-order valence-electron chi connectivity index (χ0n) is 19.5. The number of phenolic OH excluding ortho intramolecular Hbond substituents is 1. The fourth-order valence-corrected chi connectivity index (χ4v) is 7.45. The fraction of sp³-hybridized carbons (Fsp3) is 0.500. The van der Waals surface area contributed by atoms with Gasteiger partial charge in [0.05, 0.1) is 17.6 Å². The number of methoxy groups -OCH3 is 1. The number of benzene rings is 2. The third-order valence-corrected chi connectivity index (χ3v) is 9.50. The molecule has 0 amide bonds. The third-order valence-electron chi connectivity index (χ3n) is 8.58. The van der Waals surface area contributed by atoms with Crippen molar-refractivity contribution in [1.82, 2.24) is 0 Å². The largest absolute Gasteiger partial charge is 0.504 e. The number of ether oxygens (including phenoxy) is 2. The number of esters is 1. The Morgan fingerprint density at radius 3 is 2.68 bits per heavy atom. The van der Waals surface area contributed by atoms with Crippen LogP contribution >= 0.6 is 0 Å². The summed E-state index contributed by atoms with van der Waals surface area (Å²) >= 11 is 0. The van der Waals surface area contributed by atoms with Crippen LogP contribution in [0, 0.1) is 17.3 Å². The summed E-state index contributed by atoms with van der Waals surface area (Å²) in [5.41, 5.74) is 2.57. The molecule has 2 aromatic rings. The second-order valence-corrected chi connectivity index (χ2v) is 11.8. The van der Waals surface area contributed by atoms with E-state index in [0.717, 1.165) is 38.5 Å². The molecule has 34 heavy (non-hydrogen) atoms. The normalized spacial score (nSPS) is 30.1. The summed E-state index contributed by atoms with van der Waals surface area (Å²) in [6, 6.07) is 9.58. The van der Waals surface area contributed by atoms with Gasteiger partial charge in [0.25, 0.3) is 0 Å². The maximum absolute atomic E-state index is 12.9. The molecule has 0 unspecified atom stereocenters. The number of hydrogen-bond acceptors (Lipinski definition) is 6. The summed E-state index contributed by atoms with van der Waals surface area (Å²) in [5, 5.41) is 15.4. The maximum Gasteiger partial charge on any atom is 0.338 e. The van der Waals surface area contributed by atoms with Crippen molar-refractivity contribution in [3.63, 3.8) is 0 Å². The van der Waals surface area contributed by atoms with E-state index in [1.165, 1.54) is 29.3 Å².